The third kappa shape index (κ3) is 5.16. The molecule has 2 amide bonds. The van der Waals surface area contributed by atoms with Crippen LogP contribution in [0, 0.1) is 12.7 Å². The molecule has 0 aliphatic heterocycles. The Morgan fingerprint density at radius 2 is 1.93 bits per heavy atom. The summed E-state index contributed by atoms with van der Waals surface area (Å²) in [6, 6.07) is 5.85. The predicted octanol–water partition coefficient (Wildman–Crippen LogP) is 4.59. The number of pyridine rings is 2. The smallest absolute Gasteiger partial charge is 0.319 e. The van der Waals surface area contributed by atoms with Crippen molar-refractivity contribution in [3.05, 3.63) is 48.0 Å². The normalized spacial score (nSPS) is 11.5. The van der Waals surface area contributed by atoms with Crippen LogP contribution in [0.5, 0.6) is 0 Å². The fourth-order valence-corrected chi connectivity index (χ4v) is 2.90. The summed E-state index contributed by atoms with van der Waals surface area (Å²) in [7, 11) is 0. The van der Waals surface area contributed by atoms with Crippen LogP contribution in [0.25, 0.3) is 22.0 Å². The molecular weight excluding hydrogens is 376 g/mol. The summed E-state index contributed by atoms with van der Waals surface area (Å²) in [4.78, 5) is 20.5. The van der Waals surface area contributed by atoms with E-state index in [2.05, 4.69) is 20.6 Å². The van der Waals surface area contributed by atoms with Crippen LogP contribution in [0.1, 0.15) is 25.8 Å². The Morgan fingerprint density at radius 3 is 2.66 bits per heavy atom. The average molecular weight is 399 g/mol. The number of rotatable bonds is 5. The second-order valence-corrected chi connectivity index (χ2v) is 7.52. The minimum atomic E-state index is -1.39. The molecule has 2 aromatic heterocycles. The number of nitrogen functional groups attached to an aromatic ring is 1. The highest BCUT2D eigenvalue weighted by molar-refractivity contribution is 5.91. The number of aryl methyl sites for hydroxylation is 1. The van der Waals surface area contributed by atoms with E-state index in [0.29, 0.717) is 16.9 Å². The van der Waals surface area contributed by atoms with Gasteiger partial charge in [-0.15, -0.1) is 0 Å². The van der Waals surface area contributed by atoms with Gasteiger partial charge in [-0.3, -0.25) is 4.98 Å². The Bertz CT molecular complexity index is 1060. The Kier molecular flexibility index (Phi) is 5.63. The van der Waals surface area contributed by atoms with Gasteiger partial charge in [0, 0.05) is 36.0 Å². The van der Waals surface area contributed by atoms with Crippen LogP contribution in [-0.4, -0.2) is 28.2 Å². The minimum Gasteiger partial charge on any atom is -0.384 e. The van der Waals surface area contributed by atoms with Crippen LogP contribution < -0.4 is 16.4 Å². The number of urea groups is 1. The zero-order chi connectivity index (χ0) is 21.2. The van der Waals surface area contributed by atoms with Crippen LogP contribution in [-0.2, 0) is 0 Å². The molecule has 0 spiro atoms. The molecule has 8 heteroatoms. The van der Waals surface area contributed by atoms with Gasteiger partial charge in [-0.1, -0.05) is 0 Å². The van der Waals surface area contributed by atoms with Crippen LogP contribution in [0.2, 0.25) is 0 Å². The lowest BCUT2D eigenvalue weighted by Crippen LogP contribution is -2.32. The number of halogens is 2. The van der Waals surface area contributed by atoms with Crippen molar-refractivity contribution in [2.24, 2.45) is 0 Å². The van der Waals surface area contributed by atoms with Crippen molar-refractivity contribution in [1.82, 2.24) is 15.3 Å². The number of nitrogens with zero attached hydrogens (tertiary/aromatic N) is 2. The van der Waals surface area contributed by atoms with E-state index >= 15 is 0 Å². The van der Waals surface area contributed by atoms with Gasteiger partial charge in [-0.05, 0) is 56.5 Å². The fraction of sp³-hybridized carbons (Fsp3) is 0.286. The maximum absolute atomic E-state index is 14.4. The Hall–Kier alpha value is -3.29. The molecule has 0 atom stereocenters. The van der Waals surface area contributed by atoms with Crippen molar-refractivity contribution in [3.8, 4) is 11.1 Å². The molecule has 3 rings (SSSR count). The van der Waals surface area contributed by atoms with E-state index in [1.54, 1.807) is 31.5 Å². The summed E-state index contributed by atoms with van der Waals surface area (Å²) in [5.41, 5.74) is 7.18. The van der Waals surface area contributed by atoms with Crippen LogP contribution in [0.3, 0.4) is 0 Å². The van der Waals surface area contributed by atoms with Crippen molar-refractivity contribution in [2.75, 3.05) is 17.6 Å². The first kappa shape index (κ1) is 20.4. The van der Waals surface area contributed by atoms with Gasteiger partial charge in [0.25, 0.3) is 0 Å². The van der Waals surface area contributed by atoms with E-state index in [0.717, 1.165) is 16.5 Å². The molecule has 0 aliphatic carbocycles. The highest BCUT2D eigenvalue weighted by atomic mass is 19.1. The molecule has 6 nitrogen and oxygen atoms in total. The molecular formula is C21H23F2N5O. The van der Waals surface area contributed by atoms with E-state index in [1.165, 1.54) is 19.9 Å². The van der Waals surface area contributed by atoms with E-state index in [9.17, 15) is 13.6 Å². The van der Waals surface area contributed by atoms with Crippen LogP contribution in [0.4, 0.5) is 25.1 Å². The van der Waals surface area contributed by atoms with Crippen LogP contribution in [0.15, 0.2) is 36.7 Å². The molecule has 0 saturated heterocycles. The molecule has 0 unspecified atom stereocenters. The first-order valence-electron chi connectivity index (χ1n) is 9.18. The quantitative estimate of drug-likeness (QED) is 0.585. The largest absolute Gasteiger partial charge is 0.384 e. The summed E-state index contributed by atoms with van der Waals surface area (Å²) in [5.74, 6) is -0.181. The van der Waals surface area contributed by atoms with E-state index in [4.69, 9.17) is 5.73 Å². The molecule has 3 aromatic rings. The first-order chi connectivity index (χ1) is 13.6. The van der Waals surface area contributed by atoms with Gasteiger partial charge in [0.05, 0.1) is 11.2 Å². The molecule has 1 aromatic carbocycles. The number of carbonyl (C=O) groups is 1. The lowest BCUT2D eigenvalue weighted by atomic mass is 10.00. The third-order valence-corrected chi connectivity index (χ3v) is 4.47. The second kappa shape index (κ2) is 7.98. The predicted molar refractivity (Wildman–Crippen MR) is 111 cm³/mol. The standard InChI is InChI=1S/C21H23F2N5O/c1-12-6-16(22)18(28-20(29)25-5-4-21(2,3)23)8-15(12)13-7-14-11-27-19(24)9-17(14)26-10-13/h6-11H,4-5H2,1-3H3,(H2,24,27)(H2,25,28,29). The fourth-order valence-electron chi connectivity index (χ4n) is 2.90. The Morgan fingerprint density at radius 1 is 1.17 bits per heavy atom. The maximum Gasteiger partial charge on any atom is 0.319 e. The summed E-state index contributed by atoms with van der Waals surface area (Å²) in [6.07, 6.45) is 3.44. The van der Waals surface area contributed by atoms with Gasteiger partial charge in [-0.2, -0.15) is 0 Å². The number of anilines is 2. The van der Waals surface area contributed by atoms with Gasteiger partial charge in [0.2, 0.25) is 0 Å². The van der Waals surface area contributed by atoms with Gasteiger partial charge in [0.15, 0.2) is 0 Å². The average Bonchev–Trinajstić information content (AvgIpc) is 2.62. The number of carbonyl (C=O) groups excluding carboxylic acids is 1. The molecule has 0 radical (unpaired) electrons. The molecule has 0 saturated carbocycles. The maximum atomic E-state index is 14.4. The second-order valence-electron chi connectivity index (χ2n) is 7.52. The Balaban J connectivity index is 1.84. The topological polar surface area (TPSA) is 92.9 Å². The molecule has 0 bridgehead atoms. The van der Waals surface area contributed by atoms with Crippen molar-refractivity contribution < 1.29 is 13.6 Å². The van der Waals surface area contributed by atoms with Crippen molar-refractivity contribution in [1.29, 1.82) is 0 Å². The number of nitrogens with two attached hydrogens (primary N) is 1. The van der Waals surface area contributed by atoms with Gasteiger partial charge < -0.3 is 16.4 Å². The summed E-state index contributed by atoms with van der Waals surface area (Å²) >= 11 is 0. The molecule has 29 heavy (non-hydrogen) atoms. The van der Waals surface area contributed by atoms with E-state index in [1.807, 2.05) is 6.07 Å². The number of aromatic nitrogens is 2. The molecule has 152 valence electrons. The van der Waals surface area contributed by atoms with Crippen LogP contribution >= 0.6 is 0 Å². The number of benzene rings is 1. The lowest BCUT2D eigenvalue weighted by molar-refractivity contribution is 0.200. The van der Waals surface area contributed by atoms with E-state index < -0.39 is 17.5 Å². The third-order valence-electron chi connectivity index (χ3n) is 4.47. The lowest BCUT2D eigenvalue weighted by Gasteiger charge is -2.15. The summed E-state index contributed by atoms with van der Waals surface area (Å²) in [6.45, 7) is 4.78. The highest BCUT2D eigenvalue weighted by Gasteiger charge is 2.16. The minimum absolute atomic E-state index is 0.0261. The van der Waals surface area contributed by atoms with Gasteiger partial charge >= 0.3 is 6.03 Å². The SMILES string of the molecule is Cc1cc(F)c(NC(=O)NCCC(C)(C)F)cc1-c1cnc2cc(N)ncc2c1. The van der Waals surface area contributed by atoms with Gasteiger partial charge in [0.1, 0.15) is 17.3 Å². The zero-order valence-corrected chi connectivity index (χ0v) is 16.5. The monoisotopic (exact) mass is 399 g/mol. The number of alkyl halides is 1. The van der Waals surface area contributed by atoms with Crippen molar-refractivity contribution >= 4 is 28.4 Å². The number of hydrogen-bond donors (Lipinski definition) is 3. The first-order valence-corrected chi connectivity index (χ1v) is 9.18. The number of amides is 2. The number of fused-ring (bicyclic) bond motifs is 1. The molecule has 0 fully saturated rings. The highest BCUT2D eigenvalue weighted by Crippen LogP contribution is 2.30. The Labute approximate surface area is 167 Å². The molecule has 4 N–H and O–H groups in total. The van der Waals surface area contributed by atoms with Crippen molar-refractivity contribution in [2.45, 2.75) is 32.9 Å². The number of hydrogen-bond acceptors (Lipinski definition) is 4. The summed E-state index contributed by atoms with van der Waals surface area (Å²) in [5, 5.41) is 5.80. The van der Waals surface area contributed by atoms with Gasteiger partial charge in [-0.25, -0.2) is 18.6 Å². The van der Waals surface area contributed by atoms with Crippen molar-refractivity contribution in [3.63, 3.8) is 0 Å². The molecule has 0 aliphatic rings. The molecule has 2 heterocycles. The number of nitrogens with one attached hydrogen (secondary N) is 2. The summed E-state index contributed by atoms with van der Waals surface area (Å²) < 4.78 is 27.9. The van der Waals surface area contributed by atoms with E-state index in [-0.39, 0.29) is 18.7 Å². The zero-order valence-electron chi connectivity index (χ0n) is 16.5.